The van der Waals surface area contributed by atoms with Crippen LogP contribution in [-0.4, -0.2) is 20.6 Å². The Bertz CT molecular complexity index is 748. The van der Waals surface area contributed by atoms with Gasteiger partial charge in [-0.05, 0) is 19.1 Å². The summed E-state index contributed by atoms with van der Waals surface area (Å²) < 4.78 is 7.17. The first-order chi connectivity index (χ1) is 9.69. The third-order valence-corrected chi connectivity index (χ3v) is 3.61. The molecule has 0 aliphatic rings. The average molecular weight is 310 g/mol. The zero-order valence-corrected chi connectivity index (χ0v) is 12.4. The van der Waals surface area contributed by atoms with Crippen LogP contribution in [-0.2, 0) is 13.0 Å². The second kappa shape index (κ2) is 5.46. The van der Waals surface area contributed by atoms with Crippen LogP contribution in [0.5, 0.6) is 0 Å². The van der Waals surface area contributed by atoms with Gasteiger partial charge in [0.15, 0.2) is 0 Å². The number of para-hydroxylation sites is 1. The normalized spacial score (nSPS) is 11.3. The topological polar surface area (TPSA) is 43.9 Å². The predicted molar refractivity (Wildman–Crippen MR) is 79.5 cm³/mol. The van der Waals surface area contributed by atoms with E-state index in [-0.39, 0.29) is 0 Å². The first kappa shape index (κ1) is 13.5. The highest BCUT2D eigenvalue weighted by atomic mass is 35.5. The van der Waals surface area contributed by atoms with Crippen molar-refractivity contribution in [2.24, 2.45) is 0 Å². The van der Waals surface area contributed by atoms with Crippen molar-refractivity contribution in [2.45, 2.75) is 19.9 Å². The van der Waals surface area contributed by atoms with Gasteiger partial charge in [0.1, 0.15) is 17.3 Å². The number of rotatable bonds is 4. The summed E-state index contributed by atoms with van der Waals surface area (Å²) >= 11 is 12.2. The molecule has 0 bridgehead atoms. The second-order valence-electron chi connectivity index (χ2n) is 4.59. The number of hydrogen-bond acceptors (Lipinski definition) is 3. The number of hydrogen-bond donors (Lipinski definition) is 0. The van der Waals surface area contributed by atoms with Crippen LogP contribution in [0, 0.1) is 6.92 Å². The van der Waals surface area contributed by atoms with E-state index in [0.717, 1.165) is 28.3 Å². The van der Waals surface area contributed by atoms with Gasteiger partial charge in [0.25, 0.3) is 0 Å². The molecular formula is C14H13Cl2N3O. The number of nitrogens with zero attached hydrogens (tertiary/aromatic N) is 3. The number of fused-ring (bicyclic) bond motifs is 1. The Labute approximate surface area is 126 Å². The van der Waals surface area contributed by atoms with Crippen molar-refractivity contribution in [3.05, 3.63) is 46.6 Å². The van der Waals surface area contributed by atoms with Crippen molar-refractivity contribution in [3.63, 3.8) is 0 Å². The molecule has 0 amide bonds. The summed E-state index contributed by atoms with van der Waals surface area (Å²) in [6, 6.07) is 7.62. The van der Waals surface area contributed by atoms with E-state index < -0.39 is 0 Å². The quantitative estimate of drug-likeness (QED) is 0.688. The molecule has 2 aromatic heterocycles. The number of imidazole rings is 1. The molecule has 0 saturated carbocycles. The monoisotopic (exact) mass is 309 g/mol. The highest BCUT2D eigenvalue weighted by molar-refractivity contribution is 6.35. The van der Waals surface area contributed by atoms with E-state index in [1.165, 1.54) is 0 Å². The molecule has 0 radical (unpaired) electrons. The minimum absolute atomic E-state index is 0.513. The molecular weight excluding hydrogens is 297 g/mol. The van der Waals surface area contributed by atoms with Gasteiger partial charge in [-0.25, -0.2) is 4.98 Å². The lowest BCUT2D eigenvalue weighted by atomic mass is 10.3. The Morgan fingerprint density at radius 3 is 2.90 bits per heavy atom. The second-order valence-corrected chi connectivity index (χ2v) is 5.37. The number of aromatic nitrogens is 3. The molecule has 20 heavy (non-hydrogen) atoms. The maximum absolute atomic E-state index is 6.31. The maximum Gasteiger partial charge on any atom is 0.133 e. The number of halogens is 2. The van der Waals surface area contributed by atoms with Crippen LogP contribution in [0.25, 0.3) is 11.0 Å². The summed E-state index contributed by atoms with van der Waals surface area (Å²) in [5.41, 5.74) is 2.63. The van der Waals surface area contributed by atoms with Crippen molar-refractivity contribution in [2.75, 3.05) is 5.88 Å². The Kier molecular flexibility index (Phi) is 3.68. The Hall–Kier alpha value is -1.52. The van der Waals surface area contributed by atoms with Crippen LogP contribution in [0.1, 0.15) is 17.3 Å². The fourth-order valence-corrected chi connectivity index (χ4v) is 2.73. The summed E-state index contributed by atoms with van der Waals surface area (Å²) in [6.45, 7) is 2.44. The zero-order valence-electron chi connectivity index (χ0n) is 10.9. The summed E-state index contributed by atoms with van der Waals surface area (Å²) in [4.78, 5) is 4.60. The molecule has 0 unspecified atom stereocenters. The molecule has 0 saturated heterocycles. The summed E-state index contributed by atoms with van der Waals surface area (Å²) in [5, 5.41) is 4.71. The van der Waals surface area contributed by atoms with E-state index in [1.54, 1.807) is 0 Å². The van der Waals surface area contributed by atoms with E-state index in [4.69, 9.17) is 27.7 Å². The van der Waals surface area contributed by atoms with E-state index in [2.05, 4.69) is 14.7 Å². The third-order valence-electron chi connectivity index (χ3n) is 3.11. The van der Waals surface area contributed by atoms with E-state index in [9.17, 15) is 0 Å². The Balaban J connectivity index is 2.12. The lowest BCUT2D eigenvalue weighted by Crippen LogP contribution is -2.06. The van der Waals surface area contributed by atoms with Crippen LogP contribution in [0.4, 0.5) is 0 Å². The van der Waals surface area contributed by atoms with Crippen molar-refractivity contribution >= 4 is 34.2 Å². The Morgan fingerprint density at radius 1 is 1.35 bits per heavy atom. The van der Waals surface area contributed by atoms with Crippen LogP contribution < -0.4 is 0 Å². The summed E-state index contributed by atoms with van der Waals surface area (Å²) in [6.07, 6.45) is 0.684. The van der Waals surface area contributed by atoms with Gasteiger partial charge in [-0.2, -0.15) is 0 Å². The van der Waals surface area contributed by atoms with Crippen molar-refractivity contribution in [3.8, 4) is 0 Å². The van der Waals surface area contributed by atoms with Crippen LogP contribution in [0.15, 0.2) is 28.8 Å². The van der Waals surface area contributed by atoms with Gasteiger partial charge < -0.3 is 9.09 Å². The van der Waals surface area contributed by atoms with Crippen molar-refractivity contribution < 1.29 is 4.52 Å². The van der Waals surface area contributed by atoms with Gasteiger partial charge in [-0.15, -0.1) is 11.6 Å². The molecule has 2 heterocycles. The molecule has 0 N–H and O–H groups in total. The number of aryl methyl sites for hydroxylation is 2. The van der Waals surface area contributed by atoms with Gasteiger partial charge in [0, 0.05) is 18.4 Å². The van der Waals surface area contributed by atoms with Gasteiger partial charge >= 0.3 is 0 Å². The first-order valence-corrected chi connectivity index (χ1v) is 7.22. The highest BCUT2D eigenvalue weighted by Crippen LogP contribution is 2.26. The molecule has 0 atom stereocenters. The van der Waals surface area contributed by atoms with E-state index in [0.29, 0.717) is 23.9 Å². The fraction of sp³-hybridized carbons (Fsp3) is 0.286. The van der Waals surface area contributed by atoms with Crippen LogP contribution in [0.3, 0.4) is 0 Å². The lowest BCUT2D eigenvalue weighted by Gasteiger charge is -2.07. The molecule has 6 heteroatoms. The SMILES string of the molecule is Cc1cc(Cn2c(CCCl)nc3cccc(Cl)c32)no1. The predicted octanol–water partition coefficient (Wildman–Crippen LogP) is 3.82. The van der Waals surface area contributed by atoms with Gasteiger partial charge in [-0.3, -0.25) is 0 Å². The minimum atomic E-state index is 0.513. The standard InChI is InChI=1S/C14H13Cl2N3O/c1-9-7-10(18-20-9)8-19-13(5-6-15)17-12-4-2-3-11(16)14(12)19/h2-4,7H,5-6,8H2,1H3. The molecule has 0 aliphatic carbocycles. The fourth-order valence-electron chi connectivity index (χ4n) is 2.29. The zero-order chi connectivity index (χ0) is 14.1. The lowest BCUT2D eigenvalue weighted by molar-refractivity contribution is 0.389. The molecule has 0 fully saturated rings. The molecule has 0 spiro atoms. The van der Waals surface area contributed by atoms with Crippen LogP contribution in [0.2, 0.25) is 5.02 Å². The summed E-state index contributed by atoms with van der Waals surface area (Å²) in [7, 11) is 0. The van der Waals surface area contributed by atoms with Gasteiger partial charge in [0.2, 0.25) is 0 Å². The summed E-state index contributed by atoms with van der Waals surface area (Å²) in [5.74, 6) is 2.21. The van der Waals surface area contributed by atoms with Gasteiger partial charge in [0.05, 0.1) is 22.6 Å². The minimum Gasteiger partial charge on any atom is -0.361 e. The Morgan fingerprint density at radius 2 is 2.20 bits per heavy atom. The van der Waals surface area contributed by atoms with Crippen LogP contribution >= 0.6 is 23.2 Å². The average Bonchev–Trinajstić information content (AvgIpc) is 2.96. The molecule has 4 nitrogen and oxygen atoms in total. The molecule has 1 aromatic carbocycles. The first-order valence-electron chi connectivity index (χ1n) is 6.31. The highest BCUT2D eigenvalue weighted by Gasteiger charge is 2.14. The van der Waals surface area contributed by atoms with E-state index >= 15 is 0 Å². The maximum atomic E-state index is 6.31. The molecule has 0 aliphatic heterocycles. The number of benzene rings is 1. The molecule has 3 aromatic rings. The largest absolute Gasteiger partial charge is 0.361 e. The van der Waals surface area contributed by atoms with E-state index in [1.807, 2.05) is 31.2 Å². The van der Waals surface area contributed by atoms with Crippen molar-refractivity contribution in [1.82, 2.24) is 14.7 Å². The third kappa shape index (κ3) is 2.41. The number of alkyl halides is 1. The molecule has 3 rings (SSSR count). The van der Waals surface area contributed by atoms with Gasteiger partial charge in [-0.1, -0.05) is 22.8 Å². The smallest absolute Gasteiger partial charge is 0.133 e. The van der Waals surface area contributed by atoms with Crippen molar-refractivity contribution in [1.29, 1.82) is 0 Å². The molecule has 104 valence electrons.